The first-order valence-electron chi connectivity index (χ1n) is 6.90. The van der Waals surface area contributed by atoms with Gasteiger partial charge in [0.25, 0.3) is 5.91 Å². The molecule has 1 aliphatic rings. The highest BCUT2D eigenvalue weighted by molar-refractivity contribution is 5.97. The molecule has 0 spiro atoms. The SMILES string of the molecule is CC(C)c1[nH]ccc1C(=O)NCC(=O)N1CCOCC1. The lowest BCUT2D eigenvalue weighted by Gasteiger charge is -2.26. The second kappa shape index (κ2) is 6.56. The van der Waals surface area contributed by atoms with Crippen molar-refractivity contribution in [1.82, 2.24) is 15.2 Å². The second-order valence-corrected chi connectivity index (χ2v) is 5.14. The lowest BCUT2D eigenvalue weighted by Crippen LogP contribution is -2.45. The van der Waals surface area contributed by atoms with Crippen LogP contribution in [0, 0.1) is 0 Å². The summed E-state index contributed by atoms with van der Waals surface area (Å²) in [4.78, 5) is 28.8. The number of rotatable bonds is 4. The third-order valence-corrected chi connectivity index (χ3v) is 3.36. The Hall–Kier alpha value is -1.82. The fourth-order valence-electron chi connectivity index (χ4n) is 2.23. The molecule has 20 heavy (non-hydrogen) atoms. The maximum absolute atomic E-state index is 12.1. The van der Waals surface area contributed by atoms with Gasteiger partial charge in [0.1, 0.15) is 0 Å². The van der Waals surface area contributed by atoms with Gasteiger partial charge in [-0.05, 0) is 12.0 Å². The van der Waals surface area contributed by atoms with Crippen molar-refractivity contribution in [2.24, 2.45) is 0 Å². The third-order valence-electron chi connectivity index (χ3n) is 3.36. The van der Waals surface area contributed by atoms with Crippen molar-refractivity contribution in [3.63, 3.8) is 0 Å². The Morgan fingerprint density at radius 2 is 2.10 bits per heavy atom. The Labute approximate surface area is 118 Å². The highest BCUT2D eigenvalue weighted by Gasteiger charge is 2.19. The molecular formula is C14H21N3O3. The number of aromatic nitrogens is 1. The van der Waals surface area contributed by atoms with E-state index in [4.69, 9.17) is 4.74 Å². The van der Waals surface area contributed by atoms with Gasteiger partial charge in [-0.3, -0.25) is 9.59 Å². The summed E-state index contributed by atoms with van der Waals surface area (Å²) in [5.41, 5.74) is 1.50. The van der Waals surface area contributed by atoms with Crippen molar-refractivity contribution in [3.8, 4) is 0 Å². The van der Waals surface area contributed by atoms with Gasteiger partial charge < -0.3 is 19.9 Å². The third kappa shape index (κ3) is 3.39. The summed E-state index contributed by atoms with van der Waals surface area (Å²) in [6.45, 7) is 6.38. The van der Waals surface area contributed by atoms with Crippen LogP contribution in [-0.4, -0.2) is 54.5 Å². The summed E-state index contributed by atoms with van der Waals surface area (Å²) in [6.07, 6.45) is 1.74. The molecule has 2 N–H and O–H groups in total. The van der Waals surface area contributed by atoms with E-state index in [2.05, 4.69) is 10.3 Å². The van der Waals surface area contributed by atoms with Crippen LogP contribution in [0.15, 0.2) is 12.3 Å². The van der Waals surface area contributed by atoms with Gasteiger partial charge in [0, 0.05) is 25.0 Å². The zero-order valence-electron chi connectivity index (χ0n) is 11.9. The number of H-pyrrole nitrogens is 1. The lowest BCUT2D eigenvalue weighted by molar-refractivity contribution is -0.134. The number of amides is 2. The smallest absolute Gasteiger partial charge is 0.253 e. The molecule has 0 bridgehead atoms. The molecule has 110 valence electrons. The van der Waals surface area contributed by atoms with Crippen molar-refractivity contribution in [1.29, 1.82) is 0 Å². The standard InChI is InChI=1S/C14H21N3O3/c1-10(2)13-11(3-4-15-13)14(19)16-9-12(18)17-5-7-20-8-6-17/h3-4,10,15H,5-9H2,1-2H3,(H,16,19). The van der Waals surface area contributed by atoms with E-state index in [9.17, 15) is 9.59 Å². The quantitative estimate of drug-likeness (QED) is 0.853. The molecule has 0 aliphatic carbocycles. The number of hydrogen-bond donors (Lipinski definition) is 2. The van der Waals surface area contributed by atoms with E-state index in [1.807, 2.05) is 13.8 Å². The molecule has 0 aromatic carbocycles. The molecule has 0 saturated carbocycles. The second-order valence-electron chi connectivity index (χ2n) is 5.14. The number of hydrogen-bond acceptors (Lipinski definition) is 3. The molecule has 1 saturated heterocycles. The van der Waals surface area contributed by atoms with E-state index in [1.54, 1.807) is 17.2 Å². The number of carbonyl (C=O) groups is 2. The summed E-state index contributed by atoms with van der Waals surface area (Å²) >= 11 is 0. The Kier molecular flexibility index (Phi) is 4.79. The number of nitrogens with one attached hydrogen (secondary N) is 2. The van der Waals surface area contributed by atoms with Gasteiger partial charge in [-0.15, -0.1) is 0 Å². The van der Waals surface area contributed by atoms with Crippen molar-refractivity contribution < 1.29 is 14.3 Å². The Morgan fingerprint density at radius 3 is 2.75 bits per heavy atom. The van der Waals surface area contributed by atoms with E-state index in [0.717, 1.165) is 5.69 Å². The summed E-state index contributed by atoms with van der Waals surface area (Å²) in [5, 5.41) is 2.69. The molecule has 0 unspecified atom stereocenters. The average Bonchev–Trinajstić information content (AvgIpc) is 2.95. The fraction of sp³-hybridized carbons (Fsp3) is 0.571. The van der Waals surface area contributed by atoms with E-state index in [-0.39, 0.29) is 24.3 Å². The van der Waals surface area contributed by atoms with E-state index < -0.39 is 0 Å². The summed E-state index contributed by atoms with van der Waals surface area (Å²) < 4.78 is 5.19. The van der Waals surface area contributed by atoms with Crippen LogP contribution in [0.5, 0.6) is 0 Å². The molecule has 2 rings (SSSR count). The first-order chi connectivity index (χ1) is 9.59. The minimum absolute atomic E-state index is 0.0293. The molecule has 6 nitrogen and oxygen atoms in total. The maximum Gasteiger partial charge on any atom is 0.253 e. The van der Waals surface area contributed by atoms with Gasteiger partial charge in [-0.1, -0.05) is 13.8 Å². The molecule has 1 aromatic heterocycles. The van der Waals surface area contributed by atoms with E-state index in [1.165, 1.54) is 0 Å². The molecule has 6 heteroatoms. The van der Waals surface area contributed by atoms with Gasteiger partial charge in [-0.2, -0.15) is 0 Å². The topological polar surface area (TPSA) is 74.4 Å². The Bertz CT molecular complexity index is 476. The maximum atomic E-state index is 12.1. The van der Waals surface area contributed by atoms with Crippen LogP contribution >= 0.6 is 0 Å². The van der Waals surface area contributed by atoms with Crippen LogP contribution in [0.4, 0.5) is 0 Å². The zero-order chi connectivity index (χ0) is 14.5. The fourth-order valence-corrected chi connectivity index (χ4v) is 2.23. The number of morpholine rings is 1. The highest BCUT2D eigenvalue weighted by Crippen LogP contribution is 2.17. The molecule has 1 aromatic rings. The molecule has 2 amide bonds. The first-order valence-corrected chi connectivity index (χ1v) is 6.90. The predicted molar refractivity (Wildman–Crippen MR) is 74.6 cm³/mol. The molecule has 0 radical (unpaired) electrons. The molecule has 1 aliphatic heterocycles. The van der Waals surface area contributed by atoms with Gasteiger partial charge in [-0.25, -0.2) is 0 Å². The minimum atomic E-state index is -0.212. The number of ether oxygens (including phenoxy) is 1. The van der Waals surface area contributed by atoms with Crippen LogP contribution in [-0.2, 0) is 9.53 Å². The molecule has 0 atom stereocenters. The minimum Gasteiger partial charge on any atom is -0.378 e. The van der Waals surface area contributed by atoms with Crippen LogP contribution in [0.1, 0.15) is 35.8 Å². The predicted octanol–water partition coefficient (Wildman–Crippen LogP) is 0.727. The van der Waals surface area contributed by atoms with Crippen molar-refractivity contribution >= 4 is 11.8 Å². The van der Waals surface area contributed by atoms with E-state index >= 15 is 0 Å². The van der Waals surface area contributed by atoms with Crippen molar-refractivity contribution in [2.45, 2.75) is 19.8 Å². The summed E-state index contributed by atoms with van der Waals surface area (Å²) in [7, 11) is 0. The van der Waals surface area contributed by atoms with Gasteiger partial charge in [0.15, 0.2) is 0 Å². The van der Waals surface area contributed by atoms with Gasteiger partial charge in [0.2, 0.25) is 5.91 Å². The van der Waals surface area contributed by atoms with Gasteiger partial charge in [0.05, 0.1) is 25.3 Å². The Morgan fingerprint density at radius 1 is 1.40 bits per heavy atom. The number of nitrogens with zero attached hydrogens (tertiary/aromatic N) is 1. The molecular weight excluding hydrogens is 258 g/mol. The largest absolute Gasteiger partial charge is 0.378 e. The van der Waals surface area contributed by atoms with Crippen molar-refractivity contribution in [2.75, 3.05) is 32.8 Å². The number of carbonyl (C=O) groups excluding carboxylic acids is 2. The van der Waals surface area contributed by atoms with Crippen LogP contribution in [0.25, 0.3) is 0 Å². The van der Waals surface area contributed by atoms with Crippen molar-refractivity contribution in [3.05, 3.63) is 23.5 Å². The highest BCUT2D eigenvalue weighted by atomic mass is 16.5. The van der Waals surface area contributed by atoms with Crippen LogP contribution in [0.3, 0.4) is 0 Å². The summed E-state index contributed by atoms with van der Waals surface area (Å²) in [6, 6.07) is 1.74. The number of aromatic amines is 1. The monoisotopic (exact) mass is 279 g/mol. The van der Waals surface area contributed by atoms with Gasteiger partial charge >= 0.3 is 0 Å². The van der Waals surface area contributed by atoms with Crippen LogP contribution < -0.4 is 5.32 Å². The van der Waals surface area contributed by atoms with Crippen LogP contribution in [0.2, 0.25) is 0 Å². The molecule has 1 fully saturated rings. The lowest BCUT2D eigenvalue weighted by atomic mass is 10.1. The first kappa shape index (κ1) is 14.6. The summed E-state index contributed by atoms with van der Waals surface area (Å²) in [5.74, 6) is -0.0412. The Balaban J connectivity index is 1.88. The average molecular weight is 279 g/mol. The van der Waals surface area contributed by atoms with E-state index in [0.29, 0.717) is 31.9 Å². The normalized spacial score (nSPS) is 15.4. The zero-order valence-corrected chi connectivity index (χ0v) is 11.9. The molecule has 2 heterocycles.